The van der Waals surface area contributed by atoms with Gasteiger partial charge in [-0.2, -0.15) is 0 Å². The number of carboxylic acids is 1. The number of aromatic nitrogens is 2. The number of Topliss-reactive ketones (excluding diaryl/α,β-unsaturated/α-hetero) is 1. The molecular weight excluding hydrogens is 382 g/mol. The molecule has 2 heterocycles. The summed E-state index contributed by atoms with van der Waals surface area (Å²) < 4.78 is 1.47. The molecule has 0 amide bonds. The van der Waals surface area contributed by atoms with E-state index in [1.807, 2.05) is 30.3 Å². The van der Waals surface area contributed by atoms with E-state index in [9.17, 15) is 19.5 Å². The number of carbonyl (C=O) groups is 2. The number of rotatable bonds is 3. The van der Waals surface area contributed by atoms with Crippen molar-refractivity contribution in [2.45, 2.75) is 25.2 Å². The largest absolute Gasteiger partial charge is 0.478 e. The zero-order valence-electron chi connectivity index (χ0n) is 16.0. The van der Waals surface area contributed by atoms with Crippen LogP contribution in [0.25, 0.3) is 5.69 Å². The van der Waals surface area contributed by atoms with Gasteiger partial charge in [0.2, 0.25) is 0 Å². The maximum Gasteiger partial charge on any atom is 0.335 e. The third-order valence-electron chi connectivity index (χ3n) is 5.74. The molecule has 0 saturated carbocycles. The average molecular weight is 401 g/mol. The number of hydrogen-bond acceptors (Lipinski definition) is 4. The summed E-state index contributed by atoms with van der Waals surface area (Å²) in [5, 5.41) is 15.6. The summed E-state index contributed by atoms with van der Waals surface area (Å²) in [4.78, 5) is 37.5. The number of nitrogens with one attached hydrogen (secondary N) is 2. The predicted molar refractivity (Wildman–Crippen MR) is 111 cm³/mol. The summed E-state index contributed by atoms with van der Waals surface area (Å²) >= 11 is 0. The molecule has 7 nitrogen and oxygen atoms in total. The van der Waals surface area contributed by atoms with Gasteiger partial charge >= 0.3 is 5.97 Å². The number of allylic oxidation sites excluding steroid dienone is 2. The van der Waals surface area contributed by atoms with Crippen LogP contribution >= 0.6 is 0 Å². The fourth-order valence-corrected chi connectivity index (χ4v) is 4.35. The first kappa shape index (κ1) is 18.2. The van der Waals surface area contributed by atoms with Crippen molar-refractivity contribution in [2.75, 3.05) is 5.32 Å². The molecule has 2 aliphatic rings. The van der Waals surface area contributed by atoms with Crippen LogP contribution in [-0.2, 0) is 4.79 Å². The molecular formula is C23H19N3O4. The molecule has 7 heteroatoms. The summed E-state index contributed by atoms with van der Waals surface area (Å²) in [6, 6.07) is 15.6. The van der Waals surface area contributed by atoms with Crippen molar-refractivity contribution in [3.63, 3.8) is 0 Å². The van der Waals surface area contributed by atoms with E-state index >= 15 is 0 Å². The fourth-order valence-electron chi connectivity index (χ4n) is 4.35. The highest BCUT2D eigenvalue weighted by molar-refractivity contribution is 6.01. The highest BCUT2D eigenvalue weighted by Crippen LogP contribution is 2.43. The zero-order valence-corrected chi connectivity index (χ0v) is 16.0. The van der Waals surface area contributed by atoms with Crippen molar-refractivity contribution >= 4 is 17.6 Å². The Morgan fingerprint density at radius 2 is 1.73 bits per heavy atom. The van der Waals surface area contributed by atoms with E-state index in [0.717, 1.165) is 24.1 Å². The smallest absolute Gasteiger partial charge is 0.335 e. The van der Waals surface area contributed by atoms with Gasteiger partial charge in [0.1, 0.15) is 5.82 Å². The van der Waals surface area contributed by atoms with Crippen LogP contribution in [0.1, 0.15) is 46.7 Å². The monoisotopic (exact) mass is 401 g/mol. The Hall–Kier alpha value is -3.87. The topological polar surface area (TPSA) is 104 Å². The Bertz CT molecular complexity index is 1250. The van der Waals surface area contributed by atoms with Gasteiger partial charge < -0.3 is 10.4 Å². The number of ketones is 1. The SMILES string of the molecule is O=C1CCCC2=C1C(c1ccc(C(=O)O)cc1)c1c([nH]n(-c3ccccc3)c1=O)N2. The highest BCUT2D eigenvalue weighted by Gasteiger charge is 2.38. The average Bonchev–Trinajstić information content (AvgIpc) is 3.09. The molecule has 30 heavy (non-hydrogen) atoms. The standard InChI is InChI=1S/C23H19N3O4/c27-17-8-4-7-16-19(17)18(13-9-11-14(12-10-13)23(29)30)20-21(24-16)25-26(22(20)28)15-5-2-1-3-6-15/h1-3,5-6,9-12,18,24-25H,4,7-8H2,(H,29,30). The molecule has 1 unspecified atom stereocenters. The quantitative estimate of drug-likeness (QED) is 0.624. The minimum absolute atomic E-state index is 0.0218. The minimum atomic E-state index is -1.02. The molecule has 5 rings (SSSR count). The van der Waals surface area contributed by atoms with Crippen molar-refractivity contribution in [3.8, 4) is 5.69 Å². The predicted octanol–water partition coefficient (Wildman–Crippen LogP) is 3.43. The number of carboxylic acid groups (broad SMARTS) is 1. The van der Waals surface area contributed by atoms with Crippen molar-refractivity contribution in [2.24, 2.45) is 0 Å². The van der Waals surface area contributed by atoms with E-state index in [0.29, 0.717) is 29.1 Å². The Morgan fingerprint density at radius 1 is 1.00 bits per heavy atom. The van der Waals surface area contributed by atoms with Crippen molar-refractivity contribution < 1.29 is 14.7 Å². The van der Waals surface area contributed by atoms with Crippen LogP contribution in [0, 0.1) is 0 Å². The van der Waals surface area contributed by atoms with Crippen LogP contribution in [0.3, 0.4) is 0 Å². The third kappa shape index (κ3) is 2.78. The molecule has 150 valence electrons. The first-order chi connectivity index (χ1) is 14.5. The van der Waals surface area contributed by atoms with Gasteiger partial charge in [0.05, 0.1) is 16.8 Å². The van der Waals surface area contributed by atoms with E-state index < -0.39 is 11.9 Å². The normalized spacial score (nSPS) is 17.9. The number of fused-ring (bicyclic) bond motifs is 1. The second kappa shape index (κ2) is 6.88. The molecule has 0 radical (unpaired) electrons. The third-order valence-corrected chi connectivity index (χ3v) is 5.74. The van der Waals surface area contributed by atoms with Crippen molar-refractivity contribution in [1.82, 2.24) is 9.78 Å². The number of nitrogens with zero attached hydrogens (tertiary/aromatic N) is 1. The van der Waals surface area contributed by atoms with Crippen LogP contribution in [-0.4, -0.2) is 26.6 Å². The fraction of sp³-hybridized carbons (Fsp3) is 0.174. The number of para-hydroxylation sites is 1. The van der Waals surface area contributed by atoms with Crippen molar-refractivity contribution in [1.29, 1.82) is 0 Å². The minimum Gasteiger partial charge on any atom is -0.478 e. The number of anilines is 1. The lowest BCUT2D eigenvalue weighted by Gasteiger charge is -2.31. The van der Waals surface area contributed by atoms with E-state index in [4.69, 9.17) is 0 Å². The first-order valence-electron chi connectivity index (χ1n) is 9.81. The van der Waals surface area contributed by atoms with E-state index in [1.165, 1.54) is 16.8 Å². The lowest BCUT2D eigenvalue weighted by atomic mass is 9.77. The maximum atomic E-state index is 13.4. The van der Waals surface area contributed by atoms with Crippen LogP contribution in [0.5, 0.6) is 0 Å². The van der Waals surface area contributed by atoms with Gasteiger partial charge in [0.25, 0.3) is 5.56 Å². The van der Waals surface area contributed by atoms with Gasteiger partial charge in [-0.05, 0) is 42.7 Å². The van der Waals surface area contributed by atoms with Gasteiger partial charge in [0.15, 0.2) is 5.78 Å². The number of hydrogen-bond donors (Lipinski definition) is 3. The molecule has 0 spiro atoms. The van der Waals surface area contributed by atoms with E-state index in [1.54, 1.807) is 12.1 Å². The van der Waals surface area contributed by atoms with Crippen LogP contribution < -0.4 is 10.9 Å². The zero-order chi connectivity index (χ0) is 20.8. The Morgan fingerprint density at radius 3 is 2.43 bits per heavy atom. The van der Waals surface area contributed by atoms with Crippen LogP contribution in [0.2, 0.25) is 0 Å². The van der Waals surface area contributed by atoms with E-state index in [2.05, 4.69) is 10.4 Å². The van der Waals surface area contributed by atoms with Crippen molar-refractivity contribution in [3.05, 3.63) is 92.9 Å². The lowest BCUT2D eigenvalue weighted by Crippen LogP contribution is -2.29. The number of aromatic amines is 1. The molecule has 1 atom stereocenters. The number of carbonyl (C=O) groups excluding carboxylic acids is 1. The number of aromatic carboxylic acids is 1. The van der Waals surface area contributed by atoms with Crippen LogP contribution in [0.4, 0.5) is 5.82 Å². The van der Waals surface area contributed by atoms with Crippen LogP contribution in [0.15, 0.2) is 70.7 Å². The molecule has 0 bridgehead atoms. The molecule has 1 aliphatic heterocycles. The molecule has 1 aliphatic carbocycles. The summed E-state index contributed by atoms with van der Waals surface area (Å²) in [7, 11) is 0. The number of benzene rings is 2. The first-order valence-corrected chi connectivity index (χ1v) is 9.81. The maximum absolute atomic E-state index is 13.4. The molecule has 3 N–H and O–H groups in total. The highest BCUT2D eigenvalue weighted by atomic mass is 16.4. The van der Waals surface area contributed by atoms with Gasteiger partial charge in [-0.1, -0.05) is 30.3 Å². The second-order valence-corrected chi connectivity index (χ2v) is 7.53. The Balaban J connectivity index is 1.72. The number of H-pyrrole nitrogens is 1. The molecule has 0 fully saturated rings. The van der Waals surface area contributed by atoms with Gasteiger partial charge in [-0.25, -0.2) is 9.48 Å². The summed E-state index contributed by atoms with van der Waals surface area (Å²) in [5.74, 6) is -0.965. The molecule has 3 aromatic rings. The second-order valence-electron chi connectivity index (χ2n) is 7.53. The lowest BCUT2D eigenvalue weighted by molar-refractivity contribution is -0.116. The molecule has 0 saturated heterocycles. The molecule has 2 aromatic carbocycles. The summed E-state index contributed by atoms with van der Waals surface area (Å²) in [6.07, 6.45) is 1.92. The molecule has 1 aromatic heterocycles. The van der Waals surface area contributed by atoms with Gasteiger partial charge in [-0.15, -0.1) is 0 Å². The van der Waals surface area contributed by atoms with Gasteiger partial charge in [0, 0.05) is 23.6 Å². The summed E-state index contributed by atoms with van der Waals surface area (Å²) in [6.45, 7) is 0. The van der Waals surface area contributed by atoms with Gasteiger partial charge in [-0.3, -0.25) is 14.7 Å². The Kier molecular flexibility index (Phi) is 4.17. The Labute approximate surface area is 171 Å². The summed E-state index contributed by atoms with van der Waals surface area (Å²) in [5.41, 5.74) is 3.25. The van der Waals surface area contributed by atoms with E-state index in [-0.39, 0.29) is 16.9 Å².